The first-order chi connectivity index (χ1) is 14.9. The van der Waals surface area contributed by atoms with Crippen LogP contribution < -0.4 is 0 Å². The Morgan fingerprint density at radius 1 is 1.09 bits per heavy atom. The van der Waals surface area contributed by atoms with Gasteiger partial charge in [-0.1, -0.05) is 47.0 Å². The highest BCUT2D eigenvalue weighted by molar-refractivity contribution is 6.02. The number of hydrogen-bond acceptors (Lipinski definition) is 5. The molecule has 32 heavy (non-hydrogen) atoms. The third kappa shape index (κ3) is 4.23. The van der Waals surface area contributed by atoms with Gasteiger partial charge in [0.2, 0.25) is 0 Å². The highest BCUT2D eigenvalue weighted by Crippen LogP contribution is 2.60. The molecule has 3 aliphatic carbocycles. The molecule has 4 N–H and O–H groups in total. The molecular formula is C27H46O5. The summed E-state index contributed by atoms with van der Waals surface area (Å²) in [5, 5.41) is 42.4. The summed E-state index contributed by atoms with van der Waals surface area (Å²) in [5.41, 5.74) is -2.28. The first-order valence-corrected chi connectivity index (χ1v) is 12.9. The average Bonchev–Trinajstić information content (AvgIpc) is 3.04. The molecule has 3 unspecified atom stereocenters. The van der Waals surface area contributed by atoms with Crippen molar-refractivity contribution in [2.45, 2.75) is 110 Å². The summed E-state index contributed by atoms with van der Waals surface area (Å²) in [6.45, 7) is 10.9. The molecule has 3 rings (SSSR count). The van der Waals surface area contributed by atoms with Gasteiger partial charge >= 0.3 is 0 Å². The zero-order valence-corrected chi connectivity index (χ0v) is 20.8. The van der Waals surface area contributed by atoms with E-state index in [0.29, 0.717) is 42.6 Å². The molecule has 0 spiro atoms. The molecule has 5 nitrogen and oxygen atoms in total. The topological polar surface area (TPSA) is 98.0 Å². The van der Waals surface area contributed by atoms with Gasteiger partial charge in [0.1, 0.15) is 11.7 Å². The molecule has 0 heterocycles. The van der Waals surface area contributed by atoms with Gasteiger partial charge in [0.05, 0.1) is 11.5 Å². The normalized spacial score (nSPS) is 43.3. The summed E-state index contributed by atoms with van der Waals surface area (Å²) < 4.78 is 0. The van der Waals surface area contributed by atoms with Crippen LogP contribution in [0.15, 0.2) is 11.6 Å². The maximum Gasteiger partial charge on any atom is 0.167 e. The Morgan fingerprint density at radius 3 is 2.41 bits per heavy atom. The second-order valence-electron chi connectivity index (χ2n) is 12.1. The monoisotopic (exact) mass is 450 g/mol. The molecule has 2 fully saturated rings. The van der Waals surface area contributed by atoms with Gasteiger partial charge in [-0.3, -0.25) is 4.79 Å². The predicted molar refractivity (Wildman–Crippen MR) is 126 cm³/mol. The number of carbonyl (C=O) groups is 1. The lowest BCUT2D eigenvalue weighted by molar-refractivity contribution is -0.191. The van der Waals surface area contributed by atoms with Crippen LogP contribution in [0, 0.1) is 34.5 Å². The molecular weight excluding hydrogens is 404 g/mol. The van der Waals surface area contributed by atoms with Crippen molar-refractivity contribution in [1.82, 2.24) is 0 Å². The van der Waals surface area contributed by atoms with Gasteiger partial charge in [-0.25, -0.2) is 0 Å². The predicted octanol–water partition coefficient (Wildman–Crippen LogP) is 4.02. The Bertz CT molecular complexity index is 717. The van der Waals surface area contributed by atoms with Crippen molar-refractivity contribution in [1.29, 1.82) is 0 Å². The molecule has 0 amide bonds. The van der Waals surface area contributed by atoms with Crippen LogP contribution >= 0.6 is 0 Å². The third-order valence-corrected chi connectivity index (χ3v) is 9.63. The number of allylic oxidation sites excluding steroid dienone is 1. The molecule has 0 aromatic heterocycles. The van der Waals surface area contributed by atoms with Crippen LogP contribution in [-0.2, 0) is 4.79 Å². The summed E-state index contributed by atoms with van der Waals surface area (Å²) >= 11 is 0. The van der Waals surface area contributed by atoms with Crippen molar-refractivity contribution in [2.24, 2.45) is 34.5 Å². The second-order valence-corrected chi connectivity index (χ2v) is 12.1. The summed E-state index contributed by atoms with van der Waals surface area (Å²) in [4.78, 5) is 13.9. The molecule has 0 aromatic carbocycles. The minimum absolute atomic E-state index is 0.0221. The maximum absolute atomic E-state index is 13.9. The minimum atomic E-state index is -1.62. The molecule has 0 bridgehead atoms. The number of aliphatic hydroxyl groups is 4. The highest BCUT2D eigenvalue weighted by Gasteiger charge is 2.63. The summed E-state index contributed by atoms with van der Waals surface area (Å²) in [6.07, 6.45) is 6.67. The van der Waals surface area contributed by atoms with Crippen LogP contribution in [0.5, 0.6) is 0 Å². The molecule has 0 saturated heterocycles. The van der Waals surface area contributed by atoms with E-state index in [-0.39, 0.29) is 30.1 Å². The SMILES string of the molecule is CC(C)CCCC(C)C1CCC(C2=C[C@H](O)[C@@]3(O)C[C@@H](O)CC[C@]3(C)C2=O)[C@]1(C)CCO. The number of carbonyl (C=O) groups excluding carboxylic acids is 1. The zero-order chi connectivity index (χ0) is 23.9. The summed E-state index contributed by atoms with van der Waals surface area (Å²) in [5.74, 6) is 1.53. The molecule has 8 atom stereocenters. The second kappa shape index (κ2) is 9.48. The van der Waals surface area contributed by atoms with E-state index in [9.17, 15) is 25.2 Å². The van der Waals surface area contributed by atoms with Crippen molar-refractivity contribution >= 4 is 5.78 Å². The Kier molecular flexibility index (Phi) is 7.66. The van der Waals surface area contributed by atoms with E-state index in [4.69, 9.17) is 0 Å². The molecule has 0 radical (unpaired) electrons. The first kappa shape index (κ1) is 25.9. The number of aliphatic hydroxyl groups excluding tert-OH is 3. The molecule has 3 aliphatic rings. The number of Topliss-reactive ketones (excluding diaryl/α,β-unsaturated/α-hetero) is 1. The summed E-state index contributed by atoms with van der Waals surface area (Å²) in [7, 11) is 0. The van der Waals surface area contributed by atoms with Crippen molar-refractivity contribution < 1.29 is 25.2 Å². The van der Waals surface area contributed by atoms with Crippen molar-refractivity contribution in [3.63, 3.8) is 0 Å². The lowest BCUT2D eigenvalue weighted by Gasteiger charge is -2.54. The zero-order valence-electron chi connectivity index (χ0n) is 20.8. The van der Waals surface area contributed by atoms with Crippen molar-refractivity contribution in [3.8, 4) is 0 Å². The van der Waals surface area contributed by atoms with E-state index in [1.165, 1.54) is 12.8 Å². The Labute approximate surface area is 194 Å². The van der Waals surface area contributed by atoms with E-state index in [1.807, 2.05) is 0 Å². The van der Waals surface area contributed by atoms with Crippen LogP contribution in [0.4, 0.5) is 0 Å². The van der Waals surface area contributed by atoms with Gasteiger partial charge in [0.15, 0.2) is 5.78 Å². The van der Waals surface area contributed by atoms with E-state index >= 15 is 0 Å². The Hall–Kier alpha value is -0.750. The molecule has 5 heteroatoms. The van der Waals surface area contributed by atoms with Gasteiger partial charge in [-0.05, 0) is 79.8 Å². The fraction of sp³-hybridized carbons (Fsp3) is 0.889. The maximum atomic E-state index is 13.9. The lowest BCUT2D eigenvalue weighted by atomic mass is 9.53. The molecule has 0 aromatic rings. The quantitative estimate of drug-likeness (QED) is 0.448. The minimum Gasteiger partial charge on any atom is -0.396 e. The number of fused-ring (bicyclic) bond motifs is 1. The van der Waals surface area contributed by atoms with Gasteiger partial charge < -0.3 is 20.4 Å². The third-order valence-electron chi connectivity index (χ3n) is 9.63. The number of ketones is 1. The van der Waals surface area contributed by atoms with Crippen LogP contribution in [-0.4, -0.2) is 50.6 Å². The average molecular weight is 451 g/mol. The summed E-state index contributed by atoms with van der Waals surface area (Å²) in [6, 6.07) is 0. The smallest absolute Gasteiger partial charge is 0.167 e. The van der Waals surface area contributed by atoms with Gasteiger partial charge in [0, 0.05) is 13.0 Å². The largest absolute Gasteiger partial charge is 0.396 e. The fourth-order valence-corrected chi connectivity index (χ4v) is 7.45. The molecule has 0 aliphatic heterocycles. The standard InChI is InChI=1S/C27H46O5/c1-17(2)7-6-8-18(3)21-9-10-22(25(21,4)13-14-28)20-15-23(30)27(32)16-19(29)11-12-26(27,5)24(20)31/h15,17-19,21-23,28-30,32H,6-14,16H2,1-5H3/t18?,19-,21?,22?,23-,25+,26+,27-/m0/s1. The first-order valence-electron chi connectivity index (χ1n) is 12.9. The van der Waals surface area contributed by atoms with E-state index in [2.05, 4.69) is 27.7 Å². The van der Waals surface area contributed by atoms with Crippen LogP contribution in [0.1, 0.15) is 92.4 Å². The molecule has 2 saturated carbocycles. The van der Waals surface area contributed by atoms with Crippen LogP contribution in [0.2, 0.25) is 0 Å². The van der Waals surface area contributed by atoms with Gasteiger partial charge in [0.25, 0.3) is 0 Å². The highest BCUT2D eigenvalue weighted by atomic mass is 16.3. The Morgan fingerprint density at radius 2 is 1.78 bits per heavy atom. The van der Waals surface area contributed by atoms with Gasteiger partial charge in [-0.15, -0.1) is 0 Å². The molecule has 184 valence electrons. The fourth-order valence-electron chi connectivity index (χ4n) is 7.45. The van der Waals surface area contributed by atoms with Gasteiger partial charge in [-0.2, -0.15) is 0 Å². The van der Waals surface area contributed by atoms with Crippen molar-refractivity contribution in [2.75, 3.05) is 6.61 Å². The van der Waals surface area contributed by atoms with E-state index in [0.717, 1.165) is 19.3 Å². The van der Waals surface area contributed by atoms with E-state index < -0.39 is 23.2 Å². The lowest BCUT2D eigenvalue weighted by Crippen LogP contribution is -2.65. The van der Waals surface area contributed by atoms with E-state index in [1.54, 1.807) is 13.0 Å². The van der Waals surface area contributed by atoms with Crippen LogP contribution in [0.25, 0.3) is 0 Å². The number of rotatable bonds is 8. The van der Waals surface area contributed by atoms with Crippen LogP contribution in [0.3, 0.4) is 0 Å². The Balaban J connectivity index is 1.90. The number of hydrogen-bond donors (Lipinski definition) is 4. The van der Waals surface area contributed by atoms with Crippen molar-refractivity contribution in [3.05, 3.63) is 11.6 Å².